The van der Waals surface area contributed by atoms with Crippen LogP contribution in [0.1, 0.15) is 11.1 Å². The third kappa shape index (κ3) is 2.20. The van der Waals surface area contributed by atoms with Crippen LogP contribution in [0.4, 0.5) is 0 Å². The number of benzene rings is 2. The number of hydrogen-bond donors (Lipinski definition) is 1. The van der Waals surface area contributed by atoms with Crippen LogP contribution in [0.15, 0.2) is 48.8 Å². The molecular weight excluding hydrogens is 236 g/mol. The van der Waals surface area contributed by atoms with Gasteiger partial charge in [-0.15, -0.1) is 0 Å². The average molecular weight is 250 g/mol. The van der Waals surface area contributed by atoms with Crippen LogP contribution in [-0.4, -0.2) is 15.1 Å². The van der Waals surface area contributed by atoms with E-state index in [1.807, 2.05) is 36.4 Å². The van der Waals surface area contributed by atoms with Gasteiger partial charge in [0.2, 0.25) is 0 Å². The molecule has 1 N–H and O–H groups in total. The Morgan fingerprint density at radius 1 is 1.05 bits per heavy atom. The third-order valence-corrected chi connectivity index (χ3v) is 3.17. The van der Waals surface area contributed by atoms with E-state index in [1.54, 1.807) is 6.33 Å². The molecule has 3 nitrogen and oxygen atoms in total. The molecule has 94 valence electrons. The summed E-state index contributed by atoms with van der Waals surface area (Å²) in [6.07, 6.45) is 1.58. The molecule has 0 radical (unpaired) electrons. The lowest BCUT2D eigenvalue weighted by Gasteiger charge is -2.07. The first-order chi connectivity index (χ1) is 9.28. The van der Waals surface area contributed by atoms with Crippen molar-refractivity contribution >= 4 is 10.9 Å². The SMILES string of the molecule is Cc1ccc2ncnc(-c3cccc(CO)c3)c2c1. The van der Waals surface area contributed by atoms with Crippen molar-refractivity contribution in [3.8, 4) is 11.3 Å². The fourth-order valence-corrected chi connectivity index (χ4v) is 2.22. The van der Waals surface area contributed by atoms with E-state index >= 15 is 0 Å². The first-order valence-electron chi connectivity index (χ1n) is 6.19. The Morgan fingerprint density at radius 2 is 1.95 bits per heavy atom. The third-order valence-electron chi connectivity index (χ3n) is 3.17. The van der Waals surface area contributed by atoms with E-state index in [2.05, 4.69) is 23.0 Å². The molecule has 0 aliphatic heterocycles. The van der Waals surface area contributed by atoms with E-state index in [0.717, 1.165) is 27.7 Å². The van der Waals surface area contributed by atoms with E-state index in [4.69, 9.17) is 0 Å². The number of nitrogens with zero attached hydrogens (tertiary/aromatic N) is 2. The average Bonchev–Trinajstić information content (AvgIpc) is 2.46. The Kier molecular flexibility index (Phi) is 2.97. The number of aryl methyl sites for hydroxylation is 1. The predicted molar refractivity (Wildman–Crippen MR) is 75.6 cm³/mol. The van der Waals surface area contributed by atoms with Gasteiger partial charge in [-0.3, -0.25) is 0 Å². The Bertz CT molecular complexity index is 738. The van der Waals surface area contributed by atoms with E-state index in [0.29, 0.717) is 0 Å². The highest BCUT2D eigenvalue weighted by Gasteiger charge is 2.07. The molecule has 3 aromatic rings. The first-order valence-corrected chi connectivity index (χ1v) is 6.19. The van der Waals surface area contributed by atoms with Gasteiger partial charge in [-0.05, 0) is 30.7 Å². The lowest BCUT2D eigenvalue weighted by molar-refractivity contribution is 0.282. The van der Waals surface area contributed by atoms with Crippen molar-refractivity contribution in [1.82, 2.24) is 9.97 Å². The quantitative estimate of drug-likeness (QED) is 0.760. The maximum Gasteiger partial charge on any atom is 0.116 e. The van der Waals surface area contributed by atoms with Crippen molar-refractivity contribution in [2.75, 3.05) is 0 Å². The molecule has 0 amide bonds. The van der Waals surface area contributed by atoms with E-state index in [1.165, 1.54) is 5.56 Å². The van der Waals surface area contributed by atoms with Crippen LogP contribution in [0.3, 0.4) is 0 Å². The molecule has 0 bridgehead atoms. The zero-order valence-corrected chi connectivity index (χ0v) is 10.7. The Labute approximate surface area is 111 Å². The lowest BCUT2D eigenvalue weighted by Crippen LogP contribution is -1.91. The standard InChI is InChI=1S/C16H14N2O/c1-11-5-6-15-14(7-11)16(18-10-17-15)13-4-2-3-12(8-13)9-19/h2-8,10,19H,9H2,1H3. The summed E-state index contributed by atoms with van der Waals surface area (Å²) in [5.41, 5.74) is 4.91. The minimum atomic E-state index is 0.0376. The minimum absolute atomic E-state index is 0.0376. The van der Waals surface area contributed by atoms with Crippen LogP contribution in [0.2, 0.25) is 0 Å². The number of rotatable bonds is 2. The highest BCUT2D eigenvalue weighted by molar-refractivity contribution is 5.92. The molecule has 0 atom stereocenters. The van der Waals surface area contributed by atoms with Gasteiger partial charge < -0.3 is 5.11 Å². The van der Waals surface area contributed by atoms with Crippen LogP contribution in [0, 0.1) is 6.92 Å². The van der Waals surface area contributed by atoms with Crippen molar-refractivity contribution < 1.29 is 5.11 Å². The largest absolute Gasteiger partial charge is 0.392 e. The number of hydrogen-bond acceptors (Lipinski definition) is 3. The Hall–Kier alpha value is -2.26. The molecule has 0 unspecified atom stereocenters. The maximum absolute atomic E-state index is 9.23. The van der Waals surface area contributed by atoms with Crippen LogP contribution < -0.4 is 0 Å². The van der Waals surface area contributed by atoms with Crippen LogP contribution in [-0.2, 0) is 6.61 Å². The lowest BCUT2D eigenvalue weighted by atomic mass is 10.0. The zero-order chi connectivity index (χ0) is 13.2. The molecule has 0 fully saturated rings. The minimum Gasteiger partial charge on any atom is -0.392 e. The number of fused-ring (bicyclic) bond motifs is 1. The van der Waals surface area contributed by atoms with Crippen LogP contribution in [0.25, 0.3) is 22.2 Å². The van der Waals surface area contributed by atoms with Crippen molar-refractivity contribution in [3.05, 3.63) is 59.9 Å². The maximum atomic E-state index is 9.23. The van der Waals surface area contributed by atoms with Crippen molar-refractivity contribution in [1.29, 1.82) is 0 Å². The summed E-state index contributed by atoms with van der Waals surface area (Å²) >= 11 is 0. The molecule has 0 saturated carbocycles. The Morgan fingerprint density at radius 3 is 2.79 bits per heavy atom. The first kappa shape index (κ1) is 11.8. The second kappa shape index (κ2) is 4.78. The van der Waals surface area contributed by atoms with Crippen molar-refractivity contribution in [2.24, 2.45) is 0 Å². The summed E-state index contributed by atoms with van der Waals surface area (Å²) in [6.45, 7) is 2.09. The van der Waals surface area contributed by atoms with Gasteiger partial charge in [0.25, 0.3) is 0 Å². The molecule has 3 rings (SSSR count). The van der Waals surface area contributed by atoms with E-state index in [9.17, 15) is 5.11 Å². The molecule has 19 heavy (non-hydrogen) atoms. The summed E-state index contributed by atoms with van der Waals surface area (Å²) in [5.74, 6) is 0. The van der Waals surface area contributed by atoms with Crippen molar-refractivity contribution in [2.45, 2.75) is 13.5 Å². The second-order valence-electron chi connectivity index (χ2n) is 4.60. The molecule has 0 saturated heterocycles. The fourth-order valence-electron chi connectivity index (χ4n) is 2.22. The number of aromatic nitrogens is 2. The molecular formula is C16H14N2O. The van der Waals surface area contributed by atoms with Gasteiger partial charge in [0.05, 0.1) is 17.8 Å². The summed E-state index contributed by atoms with van der Waals surface area (Å²) in [6, 6.07) is 13.9. The van der Waals surface area contributed by atoms with Gasteiger partial charge in [-0.25, -0.2) is 9.97 Å². The molecule has 1 heterocycles. The fraction of sp³-hybridized carbons (Fsp3) is 0.125. The topological polar surface area (TPSA) is 46.0 Å². The molecule has 1 aromatic heterocycles. The molecule has 2 aromatic carbocycles. The highest BCUT2D eigenvalue weighted by Crippen LogP contribution is 2.26. The predicted octanol–water partition coefficient (Wildman–Crippen LogP) is 3.10. The summed E-state index contributed by atoms with van der Waals surface area (Å²) < 4.78 is 0. The van der Waals surface area contributed by atoms with Gasteiger partial charge in [0.1, 0.15) is 6.33 Å². The van der Waals surface area contributed by atoms with Gasteiger partial charge in [0, 0.05) is 10.9 Å². The van der Waals surface area contributed by atoms with Gasteiger partial charge in [-0.2, -0.15) is 0 Å². The number of aliphatic hydroxyl groups is 1. The monoisotopic (exact) mass is 250 g/mol. The summed E-state index contributed by atoms with van der Waals surface area (Å²) in [7, 11) is 0. The summed E-state index contributed by atoms with van der Waals surface area (Å²) in [4.78, 5) is 8.69. The normalized spacial score (nSPS) is 10.8. The molecule has 0 spiro atoms. The highest BCUT2D eigenvalue weighted by atomic mass is 16.3. The van der Waals surface area contributed by atoms with E-state index in [-0.39, 0.29) is 6.61 Å². The zero-order valence-electron chi connectivity index (χ0n) is 10.7. The van der Waals surface area contributed by atoms with Crippen molar-refractivity contribution in [3.63, 3.8) is 0 Å². The van der Waals surface area contributed by atoms with Gasteiger partial charge >= 0.3 is 0 Å². The second-order valence-corrected chi connectivity index (χ2v) is 4.60. The van der Waals surface area contributed by atoms with Gasteiger partial charge in [-0.1, -0.05) is 29.8 Å². The van der Waals surface area contributed by atoms with Gasteiger partial charge in [0.15, 0.2) is 0 Å². The Balaban J connectivity index is 2.26. The van der Waals surface area contributed by atoms with Crippen LogP contribution >= 0.6 is 0 Å². The number of aliphatic hydroxyl groups excluding tert-OH is 1. The van der Waals surface area contributed by atoms with Crippen LogP contribution in [0.5, 0.6) is 0 Å². The molecule has 0 aliphatic rings. The smallest absolute Gasteiger partial charge is 0.116 e. The summed E-state index contributed by atoms with van der Waals surface area (Å²) in [5, 5.41) is 10.3. The molecule has 0 aliphatic carbocycles. The van der Waals surface area contributed by atoms with E-state index < -0.39 is 0 Å². The molecule has 3 heteroatoms.